The molecule has 4 atom stereocenters. The van der Waals surface area contributed by atoms with E-state index in [1.54, 1.807) is 0 Å². The van der Waals surface area contributed by atoms with Crippen molar-refractivity contribution in [2.45, 2.75) is 44.2 Å². The summed E-state index contributed by atoms with van der Waals surface area (Å²) in [6.07, 6.45) is 3.17. The van der Waals surface area contributed by atoms with Crippen molar-refractivity contribution in [2.75, 3.05) is 13.7 Å². The second-order valence-corrected chi connectivity index (χ2v) is 7.07. The van der Waals surface area contributed by atoms with Crippen LogP contribution in [0.4, 0.5) is 0 Å². The van der Waals surface area contributed by atoms with Crippen LogP contribution >= 0.6 is 23.2 Å². The maximum Gasteiger partial charge on any atom is 0.311 e. The van der Waals surface area contributed by atoms with E-state index in [-0.39, 0.29) is 23.8 Å². The van der Waals surface area contributed by atoms with Crippen LogP contribution < -0.4 is 0 Å². The molecule has 2 fully saturated rings. The Morgan fingerprint density at radius 1 is 1.32 bits per heavy atom. The molecule has 2 saturated heterocycles. The van der Waals surface area contributed by atoms with Crippen molar-refractivity contribution in [3.63, 3.8) is 0 Å². The van der Waals surface area contributed by atoms with Crippen molar-refractivity contribution in [3.8, 4) is 0 Å². The molecule has 0 unspecified atom stereocenters. The normalized spacial score (nSPS) is 31.3. The third-order valence-corrected chi connectivity index (χ3v) is 5.94. The highest BCUT2D eigenvalue weighted by atomic mass is 35.5. The molecule has 120 valence electrons. The van der Waals surface area contributed by atoms with Crippen molar-refractivity contribution >= 4 is 29.2 Å². The van der Waals surface area contributed by atoms with Crippen LogP contribution in [0.25, 0.3) is 0 Å². The lowest BCUT2D eigenvalue weighted by molar-refractivity contribution is -0.152. The summed E-state index contributed by atoms with van der Waals surface area (Å²) in [6.45, 7) is 2.28. The maximum absolute atomic E-state index is 12.6. The van der Waals surface area contributed by atoms with Gasteiger partial charge in [-0.05, 0) is 50.9 Å². The van der Waals surface area contributed by atoms with Gasteiger partial charge in [0.15, 0.2) is 0 Å². The van der Waals surface area contributed by atoms with Crippen LogP contribution in [0.2, 0.25) is 10.0 Å². The first-order valence-corrected chi connectivity index (χ1v) is 8.62. The van der Waals surface area contributed by atoms with E-state index in [0.29, 0.717) is 22.7 Å². The predicted octanol–water partition coefficient (Wildman–Crippen LogP) is 4.12. The van der Waals surface area contributed by atoms with Crippen LogP contribution in [0.5, 0.6) is 0 Å². The summed E-state index contributed by atoms with van der Waals surface area (Å²) in [5, 5.41) is 1.10. The van der Waals surface area contributed by atoms with Gasteiger partial charge in [-0.2, -0.15) is 0 Å². The Bertz CT molecular complexity index is 578. The highest BCUT2D eigenvalue weighted by Gasteiger charge is 2.49. The van der Waals surface area contributed by atoms with Gasteiger partial charge in [0.25, 0.3) is 0 Å². The van der Waals surface area contributed by atoms with Crippen molar-refractivity contribution in [1.29, 1.82) is 0 Å². The van der Waals surface area contributed by atoms with Gasteiger partial charge in [-0.1, -0.05) is 29.3 Å². The lowest BCUT2D eigenvalue weighted by Crippen LogP contribution is -2.49. The number of halogens is 2. The van der Waals surface area contributed by atoms with E-state index in [0.717, 1.165) is 24.8 Å². The van der Waals surface area contributed by atoms with E-state index in [4.69, 9.17) is 27.9 Å². The Morgan fingerprint density at radius 2 is 2.09 bits per heavy atom. The molecule has 1 aromatic rings. The predicted molar refractivity (Wildman–Crippen MR) is 88.5 cm³/mol. The minimum atomic E-state index is -0.124. The largest absolute Gasteiger partial charge is 0.466 e. The third kappa shape index (κ3) is 2.75. The van der Waals surface area contributed by atoms with E-state index in [9.17, 15) is 4.79 Å². The fraction of sp³-hybridized carbons (Fsp3) is 0.588. The van der Waals surface area contributed by atoms with Gasteiger partial charge in [0.05, 0.1) is 22.6 Å². The quantitative estimate of drug-likeness (QED) is 0.774. The molecule has 2 aliphatic heterocycles. The van der Waals surface area contributed by atoms with Crippen LogP contribution in [-0.4, -0.2) is 36.6 Å². The first kappa shape index (κ1) is 16.1. The molecular weight excluding hydrogens is 321 g/mol. The number of piperidine rings is 1. The number of ether oxygens (including phenoxy) is 1. The Hall–Kier alpha value is -0.770. The number of hydrogen-bond acceptors (Lipinski definition) is 3. The van der Waals surface area contributed by atoms with E-state index < -0.39 is 0 Å². The molecule has 0 saturated carbocycles. The minimum absolute atomic E-state index is 0.0872. The van der Waals surface area contributed by atoms with E-state index in [1.807, 2.05) is 25.1 Å². The van der Waals surface area contributed by atoms with E-state index >= 15 is 0 Å². The molecule has 0 spiro atoms. The zero-order valence-electron chi connectivity index (χ0n) is 12.9. The maximum atomic E-state index is 12.6. The average Bonchev–Trinajstić information content (AvgIpc) is 2.73. The van der Waals surface area contributed by atoms with E-state index in [1.165, 1.54) is 0 Å². The van der Waals surface area contributed by atoms with Gasteiger partial charge in [0.1, 0.15) is 0 Å². The van der Waals surface area contributed by atoms with Gasteiger partial charge in [-0.3, -0.25) is 9.69 Å². The minimum Gasteiger partial charge on any atom is -0.466 e. The fourth-order valence-corrected chi connectivity index (χ4v) is 4.42. The molecule has 0 N–H and O–H groups in total. The SMILES string of the molecule is CCOC(=O)[C@H]1[C@H](c2ccc(Cl)c(Cl)c2)C[C@H]2CC[C@@H]1N2C. The van der Waals surface area contributed by atoms with Crippen LogP contribution in [0, 0.1) is 5.92 Å². The van der Waals surface area contributed by atoms with Gasteiger partial charge in [-0.15, -0.1) is 0 Å². The standard InChI is InChI=1S/C17H21Cl2NO2/c1-3-22-17(21)16-12(9-11-5-7-15(16)20(11)2)10-4-6-13(18)14(19)8-10/h4,6,8,11-12,15-16H,3,5,7,9H2,1-2H3/t11-,12+,15+,16+/m1/s1. The number of esters is 1. The smallest absolute Gasteiger partial charge is 0.311 e. The van der Waals surface area contributed by atoms with Crippen molar-refractivity contribution in [2.24, 2.45) is 5.92 Å². The summed E-state index contributed by atoms with van der Waals surface area (Å²) in [7, 11) is 2.12. The van der Waals surface area contributed by atoms with Crippen LogP contribution in [0.1, 0.15) is 37.7 Å². The number of rotatable bonds is 3. The molecule has 2 aliphatic rings. The Labute approximate surface area is 141 Å². The molecule has 5 heteroatoms. The second-order valence-electron chi connectivity index (χ2n) is 6.26. The number of benzene rings is 1. The molecule has 3 nitrogen and oxygen atoms in total. The fourth-order valence-electron chi connectivity index (χ4n) is 4.11. The highest BCUT2D eigenvalue weighted by molar-refractivity contribution is 6.42. The van der Waals surface area contributed by atoms with Gasteiger partial charge < -0.3 is 4.74 Å². The zero-order valence-corrected chi connectivity index (χ0v) is 14.4. The summed E-state index contributed by atoms with van der Waals surface area (Å²) in [6, 6.07) is 6.52. The second kappa shape index (κ2) is 6.38. The van der Waals surface area contributed by atoms with Gasteiger partial charge in [-0.25, -0.2) is 0 Å². The molecule has 0 amide bonds. The summed E-state index contributed by atoms with van der Waals surface area (Å²) in [5.41, 5.74) is 1.09. The number of carbonyl (C=O) groups excluding carboxylic acids is 1. The lowest BCUT2D eigenvalue weighted by Gasteiger charge is -2.42. The monoisotopic (exact) mass is 341 g/mol. The summed E-state index contributed by atoms with van der Waals surface area (Å²) >= 11 is 12.2. The molecule has 0 radical (unpaired) electrons. The van der Waals surface area contributed by atoms with Gasteiger partial charge >= 0.3 is 5.97 Å². The zero-order chi connectivity index (χ0) is 15.9. The third-order valence-electron chi connectivity index (χ3n) is 5.20. The molecular formula is C17H21Cl2NO2. The number of nitrogens with zero attached hydrogens (tertiary/aromatic N) is 1. The average molecular weight is 342 g/mol. The van der Waals surface area contributed by atoms with Gasteiger partial charge in [0.2, 0.25) is 0 Å². The molecule has 22 heavy (non-hydrogen) atoms. The Morgan fingerprint density at radius 3 is 2.77 bits per heavy atom. The summed E-state index contributed by atoms with van der Waals surface area (Å²) < 4.78 is 5.36. The molecule has 1 aromatic carbocycles. The Balaban J connectivity index is 1.96. The Kier molecular flexibility index (Phi) is 4.67. The van der Waals surface area contributed by atoms with Crippen molar-refractivity contribution in [1.82, 2.24) is 4.90 Å². The van der Waals surface area contributed by atoms with Crippen molar-refractivity contribution < 1.29 is 9.53 Å². The topological polar surface area (TPSA) is 29.5 Å². The molecule has 3 rings (SSSR count). The van der Waals surface area contributed by atoms with Crippen LogP contribution in [0.3, 0.4) is 0 Å². The summed E-state index contributed by atoms with van der Waals surface area (Å²) in [5.74, 6) is -0.0563. The lowest BCUT2D eigenvalue weighted by atomic mass is 9.76. The number of carbonyl (C=O) groups is 1. The first-order valence-electron chi connectivity index (χ1n) is 7.86. The molecule has 2 heterocycles. The van der Waals surface area contributed by atoms with Crippen molar-refractivity contribution in [3.05, 3.63) is 33.8 Å². The van der Waals surface area contributed by atoms with Crippen LogP contribution in [0.15, 0.2) is 18.2 Å². The molecule has 0 aromatic heterocycles. The molecule has 2 bridgehead atoms. The van der Waals surface area contributed by atoms with Gasteiger partial charge in [0, 0.05) is 18.0 Å². The highest BCUT2D eigenvalue weighted by Crippen LogP contribution is 2.47. The van der Waals surface area contributed by atoms with Crippen LogP contribution in [-0.2, 0) is 9.53 Å². The first-order chi connectivity index (χ1) is 10.5. The molecule has 0 aliphatic carbocycles. The van der Waals surface area contributed by atoms with E-state index in [2.05, 4.69) is 11.9 Å². The number of fused-ring (bicyclic) bond motifs is 2. The summed E-state index contributed by atoms with van der Waals surface area (Å²) in [4.78, 5) is 14.9. The number of hydrogen-bond donors (Lipinski definition) is 0.